The first-order chi connectivity index (χ1) is 22.2. The van der Waals surface area contributed by atoms with E-state index < -0.39 is 29.3 Å². The molecule has 1 fully saturated rings. The Balaban J connectivity index is 1.25. The molecule has 3 heterocycles. The van der Waals surface area contributed by atoms with Gasteiger partial charge in [-0.25, -0.2) is 9.59 Å². The molecule has 47 heavy (non-hydrogen) atoms. The number of amides is 3. The number of rotatable bonds is 16. The highest BCUT2D eigenvalue weighted by molar-refractivity contribution is 8.01. The van der Waals surface area contributed by atoms with Crippen LogP contribution >= 0.6 is 58.5 Å². The van der Waals surface area contributed by atoms with Crippen LogP contribution in [0.1, 0.15) is 6.42 Å². The molecule has 0 aliphatic carbocycles. The Kier molecular flexibility index (Phi) is 12.9. The first-order valence-electron chi connectivity index (χ1n) is 14.4. The van der Waals surface area contributed by atoms with E-state index in [2.05, 4.69) is 10.6 Å². The lowest BCUT2D eigenvalue weighted by atomic mass is 10.0. The van der Waals surface area contributed by atoms with Crippen LogP contribution in [-0.4, -0.2) is 112 Å². The van der Waals surface area contributed by atoms with Crippen molar-refractivity contribution in [2.45, 2.75) is 34.2 Å². The molecule has 1 aromatic carbocycles. The first-order valence-corrected chi connectivity index (χ1v) is 18.2. The molecule has 0 radical (unpaired) electrons. The predicted molar refractivity (Wildman–Crippen MR) is 181 cm³/mol. The predicted octanol–water partition coefficient (Wildman–Crippen LogP) is 2.57. The summed E-state index contributed by atoms with van der Waals surface area (Å²) in [6, 6.07) is 7.78. The zero-order valence-electron chi connectivity index (χ0n) is 25.6. The number of quaternary nitrogens is 1. The van der Waals surface area contributed by atoms with Crippen LogP contribution in [0.15, 0.2) is 63.8 Å². The van der Waals surface area contributed by atoms with Gasteiger partial charge in [0.25, 0.3) is 11.8 Å². The number of fused-ring (bicyclic) bond motifs is 1. The lowest BCUT2D eigenvalue weighted by molar-refractivity contribution is -0.883. The Morgan fingerprint density at radius 3 is 2.49 bits per heavy atom. The second-order valence-electron chi connectivity index (χ2n) is 11.5. The van der Waals surface area contributed by atoms with Crippen LogP contribution in [0.5, 0.6) is 0 Å². The maximum Gasteiger partial charge on any atom is 0.359 e. The summed E-state index contributed by atoms with van der Waals surface area (Å²) in [5.74, 6) is -2.32. The number of carbonyl (C=O) groups excluding carboxylic acids is 3. The van der Waals surface area contributed by atoms with Crippen LogP contribution in [0.4, 0.5) is 0 Å². The molecule has 4 N–H and O–H groups in total. The van der Waals surface area contributed by atoms with E-state index in [9.17, 15) is 29.1 Å². The molecule has 17 heteroatoms. The van der Waals surface area contributed by atoms with Crippen molar-refractivity contribution in [3.63, 3.8) is 0 Å². The molecule has 2 aliphatic rings. The average Bonchev–Trinajstić information content (AvgIpc) is 3.00. The summed E-state index contributed by atoms with van der Waals surface area (Å²) in [6.45, 7) is 1.20. The van der Waals surface area contributed by atoms with Gasteiger partial charge in [0.05, 0.1) is 31.4 Å². The molecule has 0 spiro atoms. The van der Waals surface area contributed by atoms with Gasteiger partial charge in [0.1, 0.15) is 17.1 Å². The quantitative estimate of drug-likeness (QED) is 0.0663. The van der Waals surface area contributed by atoms with E-state index in [4.69, 9.17) is 28.3 Å². The number of nitrogens with zero attached hydrogens (tertiary/aromatic N) is 3. The Labute approximate surface area is 294 Å². The number of carboxylic acid groups (broad SMARTS) is 2. The fourth-order valence-corrected chi connectivity index (χ4v) is 8.63. The second-order valence-corrected chi connectivity index (χ2v) is 15.5. The number of carboxylic acids is 2. The molecule has 4 rings (SSSR count). The van der Waals surface area contributed by atoms with Crippen molar-refractivity contribution >= 4 is 88.1 Å². The molecule has 2 aromatic rings. The summed E-state index contributed by atoms with van der Waals surface area (Å²) < 4.78 is 2.06. The van der Waals surface area contributed by atoms with Crippen molar-refractivity contribution in [2.75, 3.05) is 51.0 Å². The van der Waals surface area contributed by atoms with Gasteiger partial charge >= 0.3 is 11.9 Å². The van der Waals surface area contributed by atoms with E-state index in [0.717, 1.165) is 4.90 Å². The zero-order valence-corrected chi connectivity index (χ0v) is 29.6. The van der Waals surface area contributed by atoms with Crippen molar-refractivity contribution < 1.29 is 43.2 Å². The Morgan fingerprint density at radius 2 is 1.81 bits per heavy atom. The SMILES string of the molecule is C[N+](C)(CCCNC(=O)C[n+]1ccc(SCC2=C(C(=O)O)N3C(=O)C(NC(=O)CSc4cc(Cl)ccc4Cl)C3SC2)cc1)CC(=O)O. The summed E-state index contributed by atoms with van der Waals surface area (Å²) in [5.41, 5.74) is 0.555. The van der Waals surface area contributed by atoms with Crippen LogP contribution in [-0.2, 0) is 30.5 Å². The normalized spacial score (nSPS) is 17.5. The molecule has 2 unspecified atom stereocenters. The molecule has 0 saturated carbocycles. The van der Waals surface area contributed by atoms with Crippen LogP contribution < -0.4 is 15.2 Å². The number of aliphatic carboxylic acids is 2. The summed E-state index contributed by atoms with van der Waals surface area (Å²) in [7, 11) is 3.67. The van der Waals surface area contributed by atoms with Crippen LogP contribution in [0.25, 0.3) is 0 Å². The van der Waals surface area contributed by atoms with Crippen molar-refractivity contribution in [1.82, 2.24) is 15.5 Å². The van der Waals surface area contributed by atoms with Crippen LogP contribution in [0, 0.1) is 0 Å². The van der Waals surface area contributed by atoms with Crippen molar-refractivity contribution in [2.24, 2.45) is 0 Å². The third kappa shape index (κ3) is 10.3. The number of hydrogen-bond acceptors (Lipinski definition) is 8. The van der Waals surface area contributed by atoms with Gasteiger partial charge in [0.15, 0.2) is 18.9 Å². The Hall–Kier alpha value is -2.95. The highest BCUT2D eigenvalue weighted by Crippen LogP contribution is 2.41. The van der Waals surface area contributed by atoms with Gasteiger partial charge in [0, 0.05) is 51.4 Å². The summed E-state index contributed by atoms with van der Waals surface area (Å²) in [4.78, 5) is 63.9. The third-order valence-corrected chi connectivity index (χ3v) is 11.4. The summed E-state index contributed by atoms with van der Waals surface area (Å²) in [5, 5.41) is 25.0. The number of likely N-dealkylation sites (N-methyl/N-ethyl adjacent to an activating group) is 1. The highest BCUT2D eigenvalue weighted by atomic mass is 35.5. The number of carbonyl (C=O) groups is 5. The van der Waals surface area contributed by atoms with E-state index in [1.165, 1.54) is 40.2 Å². The van der Waals surface area contributed by atoms with E-state index in [1.54, 1.807) is 35.2 Å². The number of nitrogens with one attached hydrogen (secondary N) is 2. The fourth-order valence-electron chi connectivity index (χ4n) is 4.96. The zero-order chi connectivity index (χ0) is 34.3. The number of β-lactam (4-membered cyclic amide) rings is 1. The molecular formula is C30H35Cl2N5O7S3+2. The average molecular weight is 745 g/mol. The molecule has 0 bridgehead atoms. The maximum absolute atomic E-state index is 13.0. The standard InChI is InChI=1S/C30H33Cl2N5O7S3/c1-37(2,14-25(40)41)11-3-8-33-23(38)13-35-9-6-20(7-10-35)45-15-18-16-47-29-26(28(42)36(29)27(18)30(43)44)34-24(39)17-46-22-12-19(31)4-5-21(22)32/h4-7,9-10,12,26,29H,3,8,11,13-17H2,1-2H3,(H2-2,33,34,38,39,40,41,43,44)/p+2. The van der Waals surface area contributed by atoms with Crippen molar-refractivity contribution in [3.05, 3.63) is 64.0 Å². The minimum atomic E-state index is -1.20. The minimum Gasteiger partial charge on any atom is -0.477 e. The molecule has 252 valence electrons. The fraction of sp³-hybridized carbons (Fsp3) is 0.400. The monoisotopic (exact) mass is 743 g/mol. The number of aromatic nitrogens is 1. The lowest BCUT2D eigenvalue weighted by Gasteiger charge is -2.49. The number of thioether (sulfide) groups is 3. The van der Waals surface area contributed by atoms with E-state index >= 15 is 0 Å². The maximum atomic E-state index is 13.0. The smallest absolute Gasteiger partial charge is 0.359 e. The molecule has 3 amide bonds. The topological polar surface area (TPSA) is 157 Å². The summed E-state index contributed by atoms with van der Waals surface area (Å²) in [6.07, 6.45) is 4.17. The number of hydrogen-bond donors (Lipinski definition) is 4. The van der Waals surface area contributed by atoms with Gasteiger partial charge in [-0.2, -0.15) is 4.57 Å². The molecular weight excluding hydrogens is 709 g/mol. The van der Waals surface area contributed by atoms with E-state index in [0.29, 0.717) is 56.0 Å². The van der Waals surface area contributed by atoms with Gasteiger partial charge in [-0.1, -0.05) is 23.2 Å². The number of halogens is 2. The van der Waals surface area contributed by atoms with Gasteiger partial charge in [-0.3, -0.25) is 19.3 Å². The molecule has 1 aromatic heterocycles. The number of benzene rings is 1. The summed E-state index contributed by atoms with van der Waals surface area (Å²) >= 11 is 16.2. The van der Waals surface area contributed by atoms with Crippen LogP contribution in [0.2, 0.25) is 10.0 Å². The van der Waals surface area contributed by atoms with Gasteiger partial charge in [-0.15, -0.1) is 35.3 Å². The molecule has 12 nitrogen and oxygen atoms in total. The number of pyridine rings is 1. The third-order valence-electron chi connectivity index (χ3n) is 7.24. The van der Waals surface area contributed by atoms with Gasteiger partial charge < -0.3 is 25.3 Å². The van der Waals surface area contributed by atoms with E-state index in [1.807, 2.05) is 26.2 Å². The van der Waals surface area contributed by atoms with E-state index in [-0.39, 0.29) is 36.4 Å². The largest absolute Gasteiger partial charge is 0.477 e. The highest BCUT2D eigenvalue weighted by Gasteiger charge is 2.54. The first kappa shape index (κ1) is 36.9. The second kappa shape index (κ2) is 16.4. The lowest BCUT2D eigenvalue weighted by Crippen LogP contribution is -2.70. The van der Waals surface area contributed by atoms with Crippen molar-refractivity contribution in [3.8, 4) is 0 Å². The van der Waals surface area contributed by atoms with Crippen molar-refractivity contribution in [1.29, 1.82) is 0 Å². The Morgan fingerprint density at radius 1 is 1.09 bits per heavy atom. The van der Waals surface area contributed by atoms with Crippen LogP contribution in [0.3, 0.4) is 0 Å². The molecule has 1 saturated heterocycles. The minimum absolute atomic E-state index is 0.0145. The Bertz CT molecular complexity index is 1580. The molecule has 2 aliphatic heterocycles. The molecule has 2 atom stereocenters. The van der Waals surface area contributed by atoms with Gasteiger partial charge in [-0.05, 0) is 23.8 Å². The van der Waals surface area contributed by atoms with Gasteiger partial charge in [0.2, 0.25) is 12.5 Å².